The quantitative estimate of drug-likeness (QED) is 0.620. The van der Waals surface area contributed by atoms with Crippen LogP contribution in [0.4, 0.5) is 0 Å². The fourth-order valence-electron chi connectivity index (χ4n) is 2.96. The summed E-state index contributed by atoms with van der Waals surface area (Å²) >= 11 is 0. The van der Waals surface area contributed by atoms with Crippen molar-refractivity contribution in [2.75, 3.05) is 7.05 Å². The summed E-state index contributed by atoms with van der Waals surface area (Å²) in [6.45, 7) is 1.33. The summed E-state index contributed by atoms with van der Waals surface area (Å²) in [4.78, 5) is 8.58. The highest BCUT2D eigenvalue weighted by atomic mass is 16.5. The Labute approximate surface area is 148 Å². The van der Waals surface area contributed by atoms with Gasteiger partial charge in [-0.05, 0) is 43.4 Å². The number of rotatable bonds is 6. The van der Waals surface area contributed by atoms with Crippen molar-refractivity contribution in [1.29, 1.82) is 0 Å². The van der Waals surface area contributed by atoms with Gasteiger partial charge < -0.3 is 15.4 Å². The van der Waals surface area contributed by atoms with Crippen molar-refractivity contribution in [1.82, 2.24) is 25.4 Å². The summed E-state index contributed by atoms with van der Waals surface area (Å²) in [5.74, 6) is 1.46. The average Bonchev–Trinajstić information content (AvgIpc) is 3.27. The number of guanidine groups is 1. The van der Waals surface area contributed by atoms with Crippen molar-refractivity contribution in [2.24, 2.45) is 12.0 Å². The third kappa shape index (κ3) is 4.95. The molecule has 2 N–H and O–H groups in total. The third-order valence-electron chi connectivity index (χ3n) is 4.43. The highest BCUT2D eigenvalue weighted by Crippen LogP contribution is 2.23. The first-order valence-electron chi connectivity index (χ1n) is 8.77. The van der Waals surface area contributed by atoms with E-state index in [1.165, 1.54) is 12.8 Å². The second-order valence-electron chi connectivity index (χ2n) is 6.25. The molecule has 134 valence electrons. The largest absolute Gasteiger partial charge is 0.474 e. The van der Waals surface area contributed by atoms with Crippen LogP contribution in [-0.2, 0) is 20.1 Å². The SMILES string of the molecule is CN=C(NCc1ccnc(OC2CCCC2)c1)NCc1ccnn1C. The molecule has 1 fully saturated rings. The number of aryl methyl sites for hydroxylation is 1. The molecule has 2 heterocycles. The molecule has 0 atom stereocenters. The van der Waals surface area contributed by atoms with Gasteiger partial charge in [-0.15, -0.1) is 0 Å². The number of aromatic nitrogens is 3. The molecular formula is C18H26N6O. The minimum absolute atomic E-state index is 0.323. The lowest BCUT2D eigenvalue weighted by Gasteiger charge is -2.14. The van der Waals surface area contributed by atoms with Crippen LogP contribution in [0.5, 0.6) is 5.88 Å². The van der Waals surface area contributed by atoms with Crippen LogP contribution in [0.2, 0.25) is 0 Å². The number of aliphatic imine (C=N–C) groups is 1. The Bertz CT molecular complexity index is 705. The van der Waals surface area contributed by atoms with Gasteiger partial charge in [0.15, 0.2) is 5.96 Å². The molecule has 0 radical (unpaired) electrons. The fraction of sp³-hybridized carbons (Fsp3) is 0.500. The van der Waals surface area contributed by atoms with E-state index in [-0.39, 0.29) is 0 Å². The van der Waals surface area contributed by atoms with Gasteiger partial charge >= 0.3 is 0 Å². The molecule has 3 rings (SSSR count). The number of nitrogens with one attached hydrogen (secondary N) is 2. The highest BCUT2D eigenvalue weighted by molar-refractivity contribution is 5.79. The van der Waals surface area contributed by atoms with Crippen LogP contribution in [0.25, 0.3) is 0 Å². The normalized spacial score (nSPS) is 15.4. The molecule has 0 aliphatic heterocycles. The van der Waals surface area contributed by atoms with Crippen molar-refractivity contribution >= 4 is 5.96 Å². The third-order valence-corrected chi connectivity index (χ3v) is 4.43. The van der Waals surface area contributed by atoms with Crippen LogP contribution in [0.1, 0.15) is 36.9 Å². The first-order valence-corrected chi connectivity index (χ1v) is 8.77. The van der Waals surface area contributed by atoms with Crippen molar-refractivity contribution < 1.29 is 4.74 Å². The minimum Gasteiger partial charge on any atom is -0.474 e. The topological polar surface area (TPSA) is 76.4 Å². The van der Waals surface area contributed by atoms with Gasteiger partial charge in [0.25, 0.3) is 0 Å². The van der Waals surface area contributed by atoms with Gasteiger partial charge in [0.2, 0.25) is 5.88 Å². The Morgan fingerprint density at radius 1 is 1.24 bits per heavy atom. The zero-order valence-electron chi connectivity index (χ0n) is 14.9. The van der Waals surface area contributed by atoms with Crippen LogP contribution >= 0.6 is 0 Å². The van der Waals surface area contributed by atoms with E-state index in [0.717, 1.165) is 30.1 Å². The van der Waals surface area contributed by atoms with Gasteiger partial charge in [-0.25, -0.2) is 4.98 Å². The maximum atomic E-state index is 5.96. The zero-order chi connectivity index (χ0) is 17.5. The molecule has 0 spiro atoms. The molecule has 0 saturated heterocycles. The molecule has 2 aromatic heterocycles. The lowest BCUT2D eigenvalue weighted by molar-refractivity contribution is 0.201. The predicted octanol–water partition coefficient (Wildman–Crippen LogP) is 2.00. The maximum Gasteiger partial charge on any atom is 0.213 e. The van der Waals surface area contributed by atoms with E-state index in [0.29, 0.717) is 25.1 Å². The Balaban J connectivity index is 1.50. The molecule has 0 amide bonds. The Hall–Kier alpha value is -2.57. The van der Waals surface area contributed by atoms with E-state index in [1.807, 2.05) is 29.9 Å². The van der Waals surface area contributed by atoms with Crippen LogP contribution in [-0.4, -0.2) is 33.9 Å². The maximum absolute atomic E-state index is 5.96. The summed E-state index contributed by atoms with van der Waals surface area (Å²) in [7, 11) is 3.69. The monoisotopic (exact) mass is 342 g/mol. The number of nitrogens with zero attached hydrogens (tertiary/aromatic N) is 4. The molecule has 1 saturated carbocycles. The van der Waals surface area contributed by atoms with Crippen LogP contribution < -0.4 is 15.4 Å². The van der Waals surface area contributed by atoms with E-state index < -0.39 is 0 Å². The first kappa shape index (κ1) is 17.3. The summed E-state index contributed by atoms with van der Waals surface area (Å²) in [6, 6.07) is 5.97. The molecule has 7 nitrogen and oxygen atoms in total. The number of ether oxygens (including phenoxy) is 1. The number of hydrogen-bond donors (Lipinski definition) is 2. The molecule has 7 heteroatoms. The summed E-state index contributed by atoms with van der Waals surface area (Å²) in [5, 5.41) is 10.8. The second-order valence-corrected chi connectivity index (χ2v) is 6.25. The average molecular weight is 342 g/mol. The van der Waals surface area contributed by atoms with Gasteiger partial charge in [0, 0.05) is 39.1 Å². The van der Waals surface area contributed by atoms with Crippen molar-refractivity contribution in [3.05, 3.63) is 41.9 Å². The second kappa shape index (κ2) is 8.50. The summed E-state index contributed by atoms with van der Waals surface area (Å²) in [5.41, 5.74) is 2.21. The molecule has 1 aliphatic rings. The summed E-state index contributed by atoms with van der Waals surface area (Å²) < 4.78 is 7.81. The Kier molecular flexibility index (Phi) is 5.87. The van der Waals surface area contributed by atoms with Crippen LogP contribution in [0, 0.1) is 0 Å². The van der Waals surface area contributed by atoms with Crippen molar-refractivity contribution in [3.63, 3.8) is 0 Å². The molecule has 0 aromatic carbocycles. The van der Waals surface area contributed by atoms with Crippen LogP contribution in [0.3, 0.4) is 0 Å². The lowest BCUT2D eigenvalue weighted by atomic mass is 10.2. The van der Waals surface area contributed by atoms with Gasteiger partial charge in [-0.3, -0.25) is 9.67 Å². The smallest absolute Gasteiger partial charge is 0.213 e. The zero-order valence-corrected chi connectivity index (χ0v) is 14.9. The van der Waals surface area contributed by atoms with Crippen LogP contribution in [0.15, 0.2) is 35.6 Å². The molecule has 2 aromatic rings. The van der Waals surface area contributed by atoms with Gasteiger partial charge in [-0.2, -0.15) is 5.10 Å². The molecule has 1 aliphatic carbocycles. The molecule has 0 unspecified atom stereocenters. The van der Waals surface area contributed by atoms with E-state index in [4.69, 9.17) is 4.74 Å². The Morgan fingerprint density at radius 3 is 2.76 bits per heavy atom. The first-order chi connectivity index (χ1) is 12.2. The van der Waals surface area contributed by atoms with Crippen molar-refractivity contribution in [2.45, 2.75) is 44.9 Å². The Morgan fingerprint density at radius 2 is 2.04 bits per heavy atom. The number of pyridine rings is 1. The highest BCUT2D eigenvalue weighted by Gasteiger charge is 2.17. The van der Waals surface area contributed by atoms with E-state index in [2.05, 4.69) is 25.7 Å². The summed E-state index contributed by atoms with van der Waals surface area (Å²) in [6.07, 6.45) is 8.69. The fourth-order valence-corrected chi connectivity index (χ4v) is 2.96. The minimum atomic E-state index is 0.323. The van der Waals surface area contributed by atoms with Gasteiger partial charge in [0.05, 0.1) is 12.2 Å². The van der Waals surface area contributed by atoms with Gasteiger partial charge in [0.1, 0.15) is 6.10 Å². The van der Waals surface area contributed by atoms with Crippen molar-refractivity contribution in [3.8, 4) is 5.88 Å². The molecule has 25 heavy (non-hydrogen) atoms. The lowest BCUT2D eigenvalue weighted by Crippen LogP contribution is -2.36. The number of hydrogen-bond acceptors (Lipinski definition) is 4. The van der Waals surface area contributed by atoms with E-state index >= 15 is 0 Å². The molecule has 0 bridgehead atoms. The molecular weight excluding hydrogens is 316 g/mol. The van der Waals surface area contributed by atoms with E-state index in [9.17, 15) is 0 Å². The predicted molar refractivity (Wildman–Crippen MR) is 97.4 cm³/mol. The van der Waals surface area contributed by atoms with E-state index in [1.54, 1.807) is 19.4 Å². The standard InChI is InChI=1S/C18H26N6O/c1-19-18(22-13-15-8-10-23-24(15)2)21-12-14-7-9-20-17(11-14)25-16-5-3-4-6-16/h7-11,16H,3-6,12-13H2,1-2H3,(H2,19,21,22). The van der Waals surface area contributed by atoms with Gasteiger partial charge in [-0.1, -0.05) is 0 Å².